The maximum absolute atomic E-state index is 13.9. The number of carbonyl (C=O) groups is 2. The van der Waals surface area contributed by atoms with Crippen LogP contribution >= 0.6 is 22.9 Å². The molecule has 2 aromatic rings. The van der Waals surface area contributed by atoms with Gasteiger partial charge < -0.3 is 15.2 Å². The Morgan fingerprint density at radius 3 is 2.50 bits per heavy atom. The number of nitrogens with zero attached hydrogens (tertiary/aromatic N) is 3. The summed E-state index contributed by atoms with van der Waals surface area (Å²) in [4.78, 5) is 33.4. The second-order valence-electron chi connectivity index (χ2n) is 10.8. The van der Waals surface area contributed by atoms with Crippen LogP contribution in [0, 0.1) is 17.7 Å². The van der Waals surface area contributed by atoms with Crippen molar-refractivity contribution in [3.63, 3.8) is 0 Å². The number of aliphatic carboxylic acids is 1. The standard InChI is InChI=1S/C28H32ClFN4O6S2/c1-40-28(37)23-24(32-26(27-31-10-13-41-27)33-25(23)20-7-4-18(30)15-21(20)29)17-8-11-34(12-9-17)42(38,39)19-5-2-16(3-6-19)14-22(35)36/h4,7,10,13,15-17,19,25H,2-3,5-6,8-9,11-12,14H2,1H3,(H,32,33)(H,35,36). The molecular formula is C28H32ClFN4O6S2. The number of amidine groups is 1. The quantitative estimate of drug-likeness (QED) is 0.402. The monoisotopic (exact) mass is 638 g/mol. The predicted octanol–water partition coefficient (Wildman–Crippen LogP) is 4.53. The van der Waals surface area contributed by atoms with E-state index >= 15 is 0 Å². The van der Waals surface area contributed by atoms with E-state index in [4.69, 9.17) is 26.4 Å². The molecule has 2 N–H and O–H groups in total. The van der Waals surface area contributed by atoms with Crippen molar-refractivity contribution in [3.8, 4) is 0 Å². The van der Waals surface area contributed by atoms with E-state index in [9.17, 15) is 22.4 Å². The Kier molecular flexibility index (Phi) is 9.31. The molecule has 42 heavy (non-hydrogen) atoms. The lowest BCUT2D eigenvalue weighted by Gasteiger charge is -2.38. The van der Waals surface area contributed by atoms with Gasteiger partial charge in [0.05, 0.1) is 17.9 Å². The Hall–Kier alpha value is -2.87. The summed E-state index contributed by atoms with van der Waals surface area (Å²) in [5.41, 5.74) is 1.24. The molecule has 14 heteroatoms. The smallest absolute Gasteiger partial charge is 0.338 e. The van der Waals surface area contributed by atoms with Gasteiger partial charge in [-0.15, -0.1) is 11.3 Å². The van der Waals surface area contributed by atoms with Gasteiger partial charge in [-0.05, 0) is 56.6 Å². The maximum Gasteiger partial charge on any atom is 0.338 e. The van der Waals surface area contributed by atoms with Crippen LogP contribution in [0.2, 0.25) is 5.02 Å². The van der Waals surface area contributed by atoms with Crippen LogP contribution in [-0.2, 0) is 24.3 Å². The number of nitrogens with one attached hydrogen (secondary N) is 1. The van der Waals surface area contributed by atoms with E-state index in [2.05, 4.69) is 10.3 Å². The molecule has 1 saturated carbocycles. The molecule has 3 aliphatic rings. The fourth-order valence-electron chi connectivity index (χ4n) is 6.11. The highest BCUT2D eigenvalue weighted by Gasteiger charge is 2.41. The number of piperidine rings is 1. The van der Waals surface area contributed by atoms with Crippen molar-refractivity contribution >= 4 is 50.7 Å². The zero-order valence-electron chi connectivity index (χ0n) is 23.0. The summed E-state index contributed by atoms with van der Waals surface area (Å²) in [5.74, 6) is -1.76. The first kappa shape index (κ1) is 30.6. The Labute approximate surface area is 252 Å². The third kappa shape index (κ3) is 6.38. The van der Waals surface area contributed by atoms with E-state index in [1.54, 1.807) is 11.6 Å². The molecule has 0 amide bonds. The number of aliphatic imine (C=N–C) groups is 1. The van der Waals surface area contributed by atoms with Crippen molar-refractivity contribution in [2.75, 3.05) is 20.2 Å². The van der Waals surface area contributed by atoms with Gasteiger partial charge in [-0.1, -0.05) is 17.7 Å². The number of carboxylic acid groups (broad SMARTS) is 1. The van der Waals surface area contributed by atoms with Crippen LogP contribution in [0.15, 0.2) is 46.0 Å². The number of thiazole rings is 1. The maximum atomic E-state index is 13.9. The number of ether oxygens (including phenoxy) is 1. The number of benzene rings is 1. The largest absolute Gasteiger partial charge is 0.481 e. The predicted molar refractivity (Wildman–Crippen MR) is 156 cm³/mol. The molecule has 2 aliphatic heterocycles. The molecular weight excluding hydrogens is 607 g/mol. The van der Waals surface area contributed by atoms with Crippen molar-refractivity contribution in [1.82, 2.24) is 14.6 Å². The molecule has 1 saturated heterocycles. The van der Waals surface area contributed by atoms with Gasteiger partial charge >= 0.3 is 11.9 Å². The van der Waals surface area contributed by atoms with Crippen LogP contribution in [0.1, 0.15) is 61.6 Å². The van der Waals surface area contributed by atoms with Gasteiger partial charge in [0.2, 0.25) is 10.0 Å². The Morgan fingerprint density at radius 1 is 1.19 bits per heavy atom. The zero-order valence-corrected chi connectivity index (χ0v) is 25.4. The SMILES string of the molecule is COC(=O)C1=C(C2CCN(S(=O)(=O)C3CCC(CC(=O)O)CC3)CC2)NC(c2nccs2)=NC1c1ccc(F)cc1Cl. The lowest BCUT2D eigenvalue weighted by atomic mass is 9.86. The van der Waals surface area contributed by atoms with Gasteiger partial charge in [-0.3, -0.25) is 9.79 Å². The molecule has 1 aromatic carbocycles. The molecule has 1 aromatic heterocycles. The van der Waals surface area contributed by atoms with Crippen LogP contribution in [0.25, 0.3) is 0 Å². The molecule has 1 unspecified atom stereocenters. The van der Waals surface area contributed by atoms with E-state index < -0.39 is 39.1 Å². The summed E-state index contributed by atoms with van der Waals surface area (Å²) < 4.78 is 47.6. The Morgan fingerprint density at radius 2 is 1.90 bits per heavy atom. The third-order valence-corrected chi connectivity index (χ3v) is 11.8. The fourth-order valence-corrected chi connectivity index (χ4v) is 8.98. The average molecular weight is 639 g/mol. The summed E-state index contributed by atoms with van der Waals surface area (Å²) in [6.45, 7) is 0.542. The number of esters is 1. The topological polar surface area (TPSA) is 138 Å². The Balaban J connectivity index is 1.40. The average Bonchev–Trinajstić information content (AvgIpc) is 3.52. The number of carboxylic acids is 1. The van der Waals surface area contributed by atoms with E-state index in [1.165, 1.54) is 41.0 Å². The molecule has 0 spiro atoms. The first-order valence-corrected chi connectivity index (χ1v) is 16.6. The first-order chi connectivity index (χ1) is 20.1. The van der Waals surface area contributed by atoms with Crippen molar-refractivity contribution in [2.45, 2.75) is 56.2 Å². The summed E-state index contributed by atoms with van der Waals surface area (Å²) in [7, 11) is -2.29. The number of allylic oxidation sites excluding steroid dienone is 1. The normalized spacial score (nSPS) is 24.2. The molecule has 1 atom stereocenters. The summed E-state index contributed by atoms with van der Waals surface area (Å²) in [5, 5.41) is 14.4. The first-order valence-electron chi connectivity index (χ1n) is 13.8. The van der Waals surface area contributed by atoms with E-state index in [1.807, 2.05) is 0 Å². The highest BCUT2D eigenvalue weighted by molar-refractivity contribution is 7.89. The molecule has 0 bridgehead atoms. The van der Waals surface area contributed by atoms with Gasteiger partial charge in [0.25, 0.3) is 0 Å². The molecule has 10 nitrogen and oxygen atoms in total. The number of methoxy groups -OCH3 is 1. The number of halogens is 2. The molecule has 0 radical (unpaired) electrons. The van der Waals surface area contributed by atoms with Gasteiger partial charge in [-0.25, -0.2) is 26.9 Å². The zero-order chi connectivity index (χ0) is 30.0. The Bertz CT molecular complexity index is 1500. The highest BCUT2D eigenvalue weighted by Crippen LogP contribution is 2.41. The highest BCUT2D eigenvalue weighted by atomic mass is 35.5. The van der Waals surface area contributed by atoms with Crippen molar-refractivity contribution < 1.29 is 32.2 Å². The molecule has 5 rings (SSSR count). The second kappa shape index (κ2) is 12.8. The van der Waals surface area contributed by atoms with Gasteiger partial charge in [0.1, 0.15) is 11.9 Å². The second-order valence-corrected chi connectivity index (χ2v) is 14.3. The van der Waals surface area contributed by atoms with Crippen LogP contribution in [0.5, 0.6) is 0 Å². The molecule has 1 aliphatic carbocycles. The molecule has 3 heterocycles. The summed E-state index contributed by atoms with van der Waals surface area (Å²) >= 11 is 7.80. The van der Waals surface area contributed by atoms with Crippen molar-refractivity contribution in [3.05, 3.63) is 62.5 Å². The lowest BCUT2D eigenvalue weighted by Crippen LogP contribution is -2.46. The summed E-state index contributed by atoms with van der Waals surface area (Å²) in [6, 6.07) is 3.04. The number of carbonyl (C=O) groups excluding carboxylic acids is 1. The van der Waals surface area contributed by atoms with Gasteiger partial charge in [0.15, 0.2) is 10.8 Å². The van der Waals surface area contributed by atoms with Gasteiger partial charge in [0, 0.05) is 53.3 Å². The lowest BCUT2D eigenvalue weighted by molar-refractivity contribution is -0.138. The number of rotatable bonds is 8. The van der Waals surface area contributed by atoms with Crippen LogP contribution in [0.4, 0.5) is 4.39 Å². The van der Waals surface area contributed by atoms with Crippen LogP contribution in [0.3, 0.4) is 0 Å². The number of aromatic nitrogens is 1. The third-order valence-electron chi connectivity index (χ3n) is 8.27. The molecule has 2 fully saturated rings. The molecule has 226 valence electrons. The number of hydrogen-bond donors (Lipinski definition) is 2. The van der Waals surface area contributed by atoms with Crippen molar-refractivity contribution in [2.24, 2.45) is 16.8 Å². The number of hydrogen-bond acceptors (Lipinski definition) is 9. The van der Waals surface area contributed by atoms with Crippen LogP contribution in [-0.4, -0.2) is 66.0 Å². The van der Waals surface area contributed by atoms with Gasteiger partial charge in [-0.2, -0.15) is 0 Å². The van der Waals surface area contributed by atoms with Crippen molar-refractivity contribution in [1.29, 1.82) is 0 Å². The minimum absolute atomic E-state index is 0.0111. The van der Waals surface area contributed by atoms with E-state index in [0.717, 1.165) is 0 Å². The minimum Gasteiger partial charge on any atom is -0.481 e. The van der Waals surface area contributed by atoms with E-state index in [0.29, 0.717) is 60.6 Å². The fraction of sp³-hybridized carbons (Fsp3) is 0.500. The van der Waals surface area contributed by atoms with E-state index in [-0.39, 0.29) is 41.9 Å². The minimum atomic E-state index is -3.56. The summed E-state index contributed by atoms with van der Waals surface area (Å²) in [6.07, 6.45) is 4.68. The van der Waals surface area contributed by atoms with Crippen LogP contribution < -0.4 is 5.32 Å². The number of sulfonamides is 1.